The Labute approximate surface area is 189 Å². The SMILES string of the molecule is CCCCNC(=O)C(C)N(Cc1ccc(OC)cc1)C(=O)CCc1ccc2c(c1)OCO2. The van der Waals surface area contributed by atoms with E-state index in [0.29, 0.717) is 31.7 Å². The van der Waals surface area contributed by atoms with Gasteiger partial charge in [-0.1, -0.05) is 31.5 Å². The van der Waals surface area contributed by atoms with E-state index < -0.39 is 6.04 Å². The highest BCUT2D eigenvalue weighted by Crippen LogP contribution is 2.32. The average Bonchev–Trinajstić information content (AvgIpc) is 3.29. The number of fused-ring (bicyclic) bond motifs is 1. The molecule has 172 valence electrons. The fraction of sp³-hybridized carbons (Fsp3) is 0.440. The maximum atomic E-state index is 13.2. The first kappa shape index (κ1) is 23.4. The first-order valence-corrected chi connectivity index (χ1v) is 11.1. The third-order valence-corrected chi connectivity index (χ3v) is 5.57. The van der Waals surface area contributed by atoms with Gasteiger partial charge >= 0.3 is 0 Å². The van der Waals surface area contributed by atoms with E-state index in [1.54, 1.807) is 18.9 Å². The van der Waals surface area contributed by atoms with Gasteiger partial charge in [-0.25, -0.2) is 0 Å². The minimum absolute atomic E-state index is 0.0726. The van der Waals surface area contributed by atoms with Crippen LogP contribution in [0.4, 0.5) is 0 Å². The number of nitrogens with zero attached hydrogens (tertiary/aromatic N) is 1. The minimum atomic E-state index is -0.571. The molecular weight excluding hydrogens is 408 g/mol. The van der Waals surface area contributed by atoms with Gasteiger partial charge < -0.3 is 24.4 Å². The molecule has 0 saturated carbocycles. The van der Waals surface area contributed by atoms with Crippen LogP contribution in [0.1, 0.15) is 44.2 Å². The first-order valence-electron chi connectivity index (χ1n) is 11.1. The number of hydrogen-bond acceptors (Lipinski definition) is 5. The zero-order chi connectivity index (χ0) is 22.9. The van der Waals surface area contributed by atoms with E-state index in [1.165, 1.54) is 0 Å². The van der Waals surface area contributed by atoms with E-state index in [9.17, 15) is 9.59 Å². The van der Waals surface area contributed by atoms with Crippen molar-refractivity contribution in [3.05, 3.63) is 53.6 Å². The Morgan fingerprint density at radius 2 is 1.81 bits per heavy atom. The lowest BCUT2D eigenvalue weighted by molar-refractivity contribution is -0.140. The quantitative estimate of drug-likeness (QED) is 0.539. The number of carbonyl (C=O) groups excluding carboxylic acids is 2. The minimum Gasteiger partial charge on any atom is -0.497 e. The number of ether oxygens (including phenoxy) is 3. The van der Waals surface area contributed by atoms with Gasteiger partial charge in [-0.3, -0.25) is 9.59 Å². The second-order valence-corrected chi connectivity index (χ2v) is 7.88. The molecule has 0 fully saturated rings. The number of amides is 2. The van der Waals surface area contributed by atoms with Crippen molar-refractivity contribution in [2.75, 3.05) is 20.4 Å². The highest BCUT2D eigenvalue weighted by molar-refractivity contribution is 5.87. The van der Waals surface area contributed by atoms with Crippen LogP contribution in [-0.2, 0) is 22.6 Å². The van der Waals surface area contributed by atoms with Crippen molar-refractivity contribution in [3.8, 4) is 17.2 Å². The van der Waals surface area contributed by atoms with Crippen molar-refractivity contribution in [3.63, 3.8) is 0 Å². The molecule has 0 aromatic heterocycles. The lowest BCUT2D eigenvalue weighted by atomic mass is 10.1. The van der Waals surface area contributed by atoms with Crippen molar-refractivity contribution in [2.45, 2.75) is 52.1 Å². The molecule has 1 aliphatic rings. The molecule has 2 amide bonds. The van der Waals surface area contributed by atoms with Crippen molar-refractivity contribution in [2.24, 2.45) is 0 Å². The Bertz CT molecular complexity index is 913. The van der Waals surface area contributed by atoms with Gasteiger partial charge in [0.15, 0.2) is 11.5 Å². The number of aryl methyl sites for hydroxylation is 1. The third kappa shape index (κ3) is 6.15. The average molecular weight is 441 g/mol. The molecule has 0 saturated heterocycles. The van der Waals surface area contributed by atoms with Crippen LogP contribution in [0, 0.1) is 0 Å². The van der Waals surface area contributed by atoms with Crippen LogP contribution in [0.2, 0.25) is 0 Å². The van der Waals surface area contributed by atoms with Gasteiger partial charge in [-0.05, 0) is 55.2 Å². The smallest absolute Gasteiger partial charge is 0.242 e. The molecule has 7 heteroatoms. The second-order valence-electron chi connectivity index (χ2n) is 7.88. The molecule has 3 rings (SSSR count). The highest BCUT2D eigenvalue weighted by atomic mass is 16.7. The molecular formula is C25H32N2O5. The van der Waals surface area contributed by atoms with Crippen molar-refractivity contribution < 1.29 is 23.8 Å². The summed E-state index contributed by atoms with van der Waals surface area (Å²) in [4.78, 5) is 27.6. The van der Waals surface area contributed by atoms with Crippen LogP contribution in [0.15, 0.2) is 42.5 Å². The molecule has 2 aromatic carbocycles. The summed E-state index contributed by atoms with van der Waals surface area (Å²) in [6.07, 6.45) is 2.76. The van der Waals surface area contributed by atoms with Gasteiger partial charge in [0.25, 0.3) is 0 Å². The van der Waals surface area contributed by atoms with Crippen molar-refractivity contribution in [1.29, 1.82) is 0 Å². The Kier molecular flexibility index (Phi) is 8.36. The van der Waals surface area contributed by atoms with Gasteiger partial charge in [0.05, 0.1) is 7.11 Å². The molecule has 0 spiro atoms. The van der Waals surface area contributed by atoms with E-state index in [2.05, 4.69) is 12.2 Å². The van der Waals surface area contributed by atoms with E-state index in [-0.39, 0.29) is 18.6 Å². The topological polar surface area (TPSA) is 77.1 Å². The number of carbonyl (C=O) groups is 2. The molecule has 1 unspecified atom stereocenters. The van der Waals surface area contributed by atoms with Gasteiger partial charge in [0.2, 0.25) is 18.6 Å². The molecule has 2 aromatic rings. The van der Waals surface area contributed by atoms with Crippen molar-refractivity contribution in [1.82, 2.24) is 10.2 Å². The summed E-state index contributed by atoms with van der Waals surface area (Å²) in [7, 11) is 1.61. The largest absolute Gasteiger partial charge is 0.497 e. The standard InChI is InChI=1S/C25H32N2O5/c1-4-5-14-26-25(29)18(2)27(16-20-6-10-21(30-3)11-7-20)24(28)13-9-19-8-12-22-23(15-19)32-17-31-22/h6-8,10-12,15,18H,4-5,9,13-14,16-17H2,1-3H3,(H,26,29). The third-order valence-electron chi connectivity index (χ3n) is 5.57. The van der Waals surface area contributed by atoms with E-state index in [0.717, 1.165) is 35.5 Å². The summed E-state index contributed by atoms with van der Waals surface area (Å²) in [5.41, 5.74) is 1.93. The zero-order valence-electron chi connectivity index (χ0n) is 19.1. The predicted molar refractivity (Wildman–Crippen MR) is 122 cm³/mol. The molecule has 7 nitrogen and oxygen atoms in total. The van der Waals surface area contributed by atoms with Gasteiger partial charge in [0, 0.05) is 19.5 Å². The van der Waals surface area contributed by atoms with Crippen LogP contribution >= 0.6 is 0 Å². The van der Waals surface area contributed by atoms with Gasteiger partial charge in [-0.2, -0.15) is 0 Å². The van der Waals surface area contributed by atoms with Crippen LogP contribution in [0.5, 0.6) is 17.2 Å². The predicted octanol–water partition coefficient (Wildman–Crippen LogP) is 3.69. The molecule has 32 heavy (non-hydrogen) atoms. The van der Waals surface area contributed by atoms with E-state index >= 15 is 0 Å². The number of rotatable bonds is 11. The van der Waals surface area contributed by atoms with Crippen LogP contribution in [0.3, 0.4) is 0 Å². The molecule has 0 radical (unpaired) electrons. The summed E-state index contributed by atoms with van der Waals surface area (Å²) in [6.45, 7) is 5.04. The molecule has 0 aliphatic carbocycles. The molecule has 1 aliphatic heterocycles. The first-order chi connectivity index (χ1) is 15.5. The fourth-order valence-electron chi connectivity index (χ4n) is 3.54. The summed E-state index contributed by atoms with van der Waals surface area (Å²) >= 11 is 0. The number of nitrogens with one attached hydrogen (secondary N) is 1. The van der Waals surface area contributed by atoms with Crippen LogP contribution < -0.4 is 19.5 Å². The fourth-order valence-corrected chi connectivity index (χ4v) is 3.54. The Morgan fingerprint density at radius 1 is 1.09 bits per heavy atom. The lowest BCUT2D eigenvalue weighted by Crippen LogP contribution is -2.47. The van der Waals surface area contributed by atoms with Crippen LogP contribution in [0.25, 0.3) is 0 Å². The van der Waals surface area contributed by atoms with Gasteiger partial charge in [-0.15, -0.1) is 0 Å². The number of unbranched alkanes of at least 4 members (excludes halogenated alkanes) is 1. The molecule has 0 bridgehead atoms. The maximum Gasteiger partial charge on any atom is 0.242 e. The number of hydrogen-bond donors (Lipinski definition) is 1. The Morgan fingerprint density at radius 3 is 2.53 bits per heavy atom. The van der Waals surface area contributed by atoms with Crippen LogP contribution in [-0.4, -0.2) is 43.2 Å². The highest BCUT2D eigenvalue weighted by Gasteiger charge is 2.26. The normalized spacial score (nSPS) is 12.8. The van der Waals surface area contributed by atoms with Crippen molar-refractivity contribution >= 4 is 11.8 Å². The zero-order valence-corrected chi connectivity index (χ0v) is 19.1. The number of methoxy groups -OCH3 is 1. The maximum absolute atomic E-state index is 13.2. The second kappa shape index (κ2) is 11.4. The monoisotopic (exact) mass is 440 g/mol. The Balaban J connectivity index is 1.69. The lowest BCUT2D eigenvalue weighted by Gasteiger charge is -2.29. The van der Waals surface area contributed by atoms with E-state index in [1.807, 2.05) is 42.5 Å². The summed E-state index contributed by atoms with van der Waals surface area (Å²) < 4.78 is 16.0. The number of benzene rings is 2. The summed E-state index contributed by atoms with van der Waals surface area (Å²) in [6, 6.07) is 12.7. The molecule has 1 atom stereocenters. The molecule has 1 N–H and O–H groups in total. The summed E-state index contributed by atoms with van der Waals surface area (Å²) in [5.74, 6) is 1.96. The van der Waals surface area contributed by atoms with Gasteiger partial charge in [0.1, 0.15) is 11.8 Å². The Hall–Kier alpha value is -3.22. The molecule has 1 heterocycles. The summed E-state index contributed by atoms with van der Waals surface area (Å²) in [5, 5.41) is 2.94. The van der Waals surface area contributed by atoms with E-state index in [4.69, 9.17) is 14.2 Å².